The average molecular weight is 257 g/mol. The van der Waals surface area contributed by atoms with Gasteiger partial charge < -0.3 is 20.6 Å². The maximum Gasteiger partial charge on any atom is 0.144 e. The van der Waals surface area contributed by atoms with Crippen LogP contribution in [0.25, 0.3) is 0 Å². The summed E-state index contributed by atoms with van der Waals surface area (Å²) in [6, 6.07) is 0. The van der Waals surface area contributed by atoms with Crippen molar-refractivity contribution in [1.82, 2.24) is 4.90 Å². The number of ether oxygens (including phenoxy) is 1. The summed E-state index contributed by atoms with van der Waals surface area (Å²) in [5.74, 6) is 1.03. The van der Waals surface area contributed by atoms with E-state index in [0.29, 0.717) is 11.8 Å². The molecule has 3 N–H and O–H groups in total. The van der Waals surface area contributed by atoms with Crippen molar-refractivity contribution >= 4 is 5.84 Å². The molecule has 1 aliphatic heterocycles. The zero-order valence-corrected chi connectivity index (χ0v) is 11.9. The predicted octanol–water partition coefficient (Wildman–Crippen LogP) is 1.51. The molecule has 0 bridgehead atoms. The van der Waals surface area contributed by atoms with Crippen molar-refractivity contribution in [1.29, 1.82) is 0 Å². The molecule has 0 atom stereocenters. The second-order valence-corrected chi connectivity index (χ2v) is 5.86. The Morgan fingerprint density at radius 2 is 2.06 bits per heavy atom. The van der Waals surface area contributed by atoms with Gasteiger partial charge in [0.1, 0.15) is 5.84 Å². The summed E-state index contributed by atoms with van der Waals surface area (Å²) >= 11 is 0. The van der Waals surface area contributed by atoms with Gasteiger partial charge in [-0.3, -0.25) is 0 Å². The van der Waals surface area contributed by atoms with E-state index in [1.807, 2.05) is 13.8 Å². The van der Waals surface area contributed by atoms with Crippen LogP contribution in [0.2, 0.25) is 0 Å². The Bertz CT molecular complexity index is 271. The summed E-state index contributed by atoms with van der Waals surface area (Å²) in [6.07, 6.45) is 3.33. The third-order valence-electron chi connectivity index (χ3n) is 3.96. The highest BCUT2D eigenvalue weighted by Crippen LogP contribution is 2.23. The first-order chi connectivity index (χ1) is 8.49. The lowest BCUT2D eigenvalue weighted by Crippen LogP contribution is -2.40. The zero-order valence-electron chi connectivity index (χ0n) is 11.9. The molecule has 0 amide bonds. The van der Waals surface area contributed by atoms with E-state index in [0.717, 1.165) is 32.7 Å². The lowest BCUT2D eigenvalue weighted by atomic mass is 9.87. The molecule has 1 heterocycles. The molecular formula is C13H27N3O2. The minimum Gasteiger partial charge on any atom is -0.409 e. The molecule has 0 aromatic heterocycles. The Hall–Kier alpha value is -0.810. The summed E-state index contributed by atoms with van der Waals surface area (Å²) in [5.41, 5.74) is 5.45. The number of nitrogens with zero attached hydrogens (tertiary/aromatic N) is 2. The Labute approximate surface area is 110 Å². The van der Waals surface area contributed by atoms with Crippen molar-refractivity contribution in [2.24, 2.45) is 22.2 Å². The Morgan fingerprint density at radius 3 is 2.56 bits per heavy atom. The molecule has 0 unspecified atom stereocenters. The van der Waals surface area contributed by atoms with Crippen LogP contribution in [0.4, 0.5) is 0 Å². The van der Waals surface area contributed by atoms with E-state index >= 15 is 0 Å². The molecule has 0 saturated carbocycles. The zero-order chi connectivity index (χ0) is 13.6. The third-order valence-corrected chi connectivity index (χ3v) is 3.96. The minimum absolute atomic E-state index is 0.238. The van der Waals surface area contributed by atoms with Crippen molar-refractivity contribution < 1.29 is 9.94 Å². The smallest absolute Gasteiger partial charge is 0.144 e. The summed E-state index contributed by atoms with van der Waals surface area (Å²) in [5, 5.41) is 11.9. The molecule has 1 fully saturated rings. The fourth-order valence-electron chi connectivity index (χ4n) is 2.31. The summed E-state index contributed by atoms with van der Waals surface area (Å²) in [7, 11) is 1.77. The SMILES string of the molecule is COCC1CCN(CCC(C)(C)C(N)=NO)CC1. The second-order valence-electron chi connectivity index (χ2n) is 5.86. The Kier molecular flexibility index (Phi) is 5.88. The number of amidine groups is 1. The van der Waals surface area contributed by atoms with Crippen LogP contribution in [0.1, 0.15) is 33.1 Å². The van der Waals surface area contributed by atoms with E-state index in [1.54, 1.807) is 7.11 Å². The van der Waals surface area contributed by atoms with Gasteiger partial charge in [0.2, 0.25) is 0 Å². The lowest BCUT2D eigenvalue weighted by Gasteiger charge is -2.33. The van der Waals surface area contributed by atoms with Gasteiger partial charge >= 0.3 is 0 Å². The lowest BCUT2D eigenvalue weighted by molar-refractivity contribution is 0.0962. The molecule has 0 radical (unpaired) electrons. The van der Waals surface area contributed by atoms with Gasteiger partial charge in [0.25, 0.3) is 0 Å². The highest BCUT2D eigenvalue weighted by Gasteiger charge is 2.26. The number of methoxy groups -OCH3 is 1. The van der Waals surface area contributed by atoms with Gasteiger partial charge in [-0.2, -0.15) is 0 Å². The topological polar surface area (TPSA) is 71.1 Å². The summed E-state index contributed by atoms with van der Waals surface area (Å²) in [6.45, 7) is 8.16. The number of oxime groups is 1. The number of hydrogen-bond acceptors (Lipinski definition) is 4. The molecule has 18 heavy (non-hydrogen) atoms. The molecule has 1 rings (SSSR count). The number of rotatable bonds is 6. The van der Waals surface area contributed by atoms with Gasteiger partial charge in [0.05, 0.1) is 0 Å². The van der Waals surface area contributed by atoms with E-state index < -0.39 is 0 Å². The van der Waals surface area contributed by atoms with Crippen LogP contribution in [-0.2, 0) is 4.74 Å². The maximum atomic E-state index is 8.74. The van der Waals surface area contributed by atoms with Crippen LogP contribution >= 0.6 is 0 Å². The quantitative estimate of drug-likeness (QED) is 0.327. The van der Waals surface area contributed by atoms with Crippen molar-refractivity contribution in [3.8, 4) is 0 Å². The first kappa shape index (κ1) is 15.2. The van der Waals surface area contributed by atoms with E-state index in [-0.39, 0.29) is 5.41 Å². The largest absolute Gasteiger partial charge is 0.409 e. The summed E-state index contributed by atoms with van der Waals surface area (Å²) < 4.78 is 5.20. The van der Waals surface area contributed by atoms with Crippen LogP contribution in [-0.4, -0.2) is 49.3 Å². The molecule has 0 spiro atoms. The molecule has 0 aromatic carbocycles. The summed E-state index contributed by atoms with van der Waals surface area (Å²) in [4.78, 5) is 2.46. The molecule has 5 nitrogen and oxygen atoms in total. The second kappa shape index (κ2) is 6.95. The first-order valence-electron chi connectivity index (χ1n) is 6.69. The van der Waals surface area contributed by atoms with E-state index in [9.17, 15) is 0 Å². The van der Waals surface area contributed by atoms with E-state index in [2.05, 4.69) is 10.1 Å². The first-order valence-corrected chi connectivity index (χ1v) is 6.69. The van der Waals surface area contributed by atoms with Gasteiger partial charge in [-0.15, -0.1) is 0 Å². The number of nitrogens with two attached hydrogens (primary N) is 1. The Morgan fingerprint density at radius 1 is 1.44 bits per heavy atom. The van der Waals surface area contributed by atoms with E-state index in [1.165, 1.54) is 12.8 Å². The van der Waals surface area contributed by atoms with Crippen molar-refractivity contribution in [3.63, 3.8) is 0 Å². The number of piperidine rings is 1. The number of hydrogen-bond donors (Lipinski definition) is 2. The highest BCUT2D eigenvalue weighted by molar-refractivity contribution is 5.85. The number of likely N-dealkylation sites (tertiary alicyclic amines) is 1. The van der Waals surface area contributed by atoms with Crippen LogP contribution in [0, 0.1) is 11.3 Å². The van der Waals surface area contributed by atoms with E-state index in [4.69, 9.17) is 15.7 Å². The predicted molar refractivity (Wildman–Crippen MR) is 72.8 cm³/mol. The third kappa shape index (κ3) is 4.46. The fraction of sp³-hybridized carbons (Fsp3) is 0.923. The van der Waals surface area contributed by atoms with Gasteiger partial charge in [-0.1, -0.05) is 19.0 Å². The van der Waals surface area contributed by atoms with Crippen molar-refractivity contribution in [2.75, 3.05) is 33.4 Å². The van der Waals surface area contributed by atoms with Crippen LogP contribution in [0.3, 0.4) is 0 Å². The standard InChI is InChI=1S/C13H27N3O2/c1-13(2,12(14)15-17)6-9-16-7-4-11(5-8-16)10-18-3/h11,17H,4-10H2,1-3H3,(H2,14,15). The van der Waals surface area contributed by atoms with Crippen LogP contribution < -0.4 is 5.73 Å². The molecule has 0 aliphatic carbocycles. The van der Waals surface area contributed by atoms with Crippen LogP contribution in [0.5, 0.6) is 0 Å². The maximum absolute atomic E-state index is 8.74. The van der Waals surface area contributed by atoms with Crippen LogP contribution in [0.15, 0.2) is 5.16 Å². The molecule has 5 heteroatoms. The normalized spacial score (nSPS) is 20.3. The van der Waals surface area contributed by atoms with Gasteiger partial charge in [-0.05, 0) is 44.8 Å². The van der Waals surface area contributed by atoms with Gasteiger partial charge in [0.15, 0.2) is 0 Å². The fourth-order valence-corrected chi connectivity index (χ4v) is 2.31. The van der Waals surface area contributed by atoms with Crippen molar-refractivity contribution in [3.05, 3.63) is 0 Å². The molecule has 1 aliphatic rings. The average Bonchev–Trinajstić information content (AvgIpc) is 2.37. The van der Waals surface area contributed by atoms with Crippen molar-refractivity contribution in [2.45, 2.75) is 33.1 Å². The van der Waals surface area contributed by atoms with Gasteiger partial charge in [-0.25, -0.2) is 0 Å². The highest BCUT2D eigenvalue weighted by atomic mass is 16.5. The Balaban J connectivity index is 2.29. The van der Waals surface area contributed by atoms with Gasteiger partial charge in [0, 0.05) is 19.1 Å². The molecular weight excluding hydrogens is 230 g/mol. The molecule has 0 aromatic rings. The monoisotopic (exact) mass is 257 g/mol. The molecule has 106 valence electrons. The molecule has 1 saturated heterocycles. The minimum atomic E-state index is -0.238.